The van der Waals surface area contributed by atoms with Gasteiger partial charge in [0.15, 0.2) is 5.58 Å². The van der Waals surface area contributed by atoms with E-state index in [9.17, 15) is 0 Å². The second-order valence-corrected chi connectivity index (χ2v) is 4.90. The Labute approximate surface area is 107 Å². The highest BCUT2D eigenvalue weighted by atomic mass is 35.5. The number of furan rings is 1. The van der Waals surface area contributed by atoms with Gasteiger partial charge in [-0.05, 0) is 31.1 Å². The van der Waals surface area contributed by atoms with Crippen LogP contribution in [-0.4, -0.2) is 13.1 Å². The fraction of sp³-hybridized carbons (Fsp3) is 0.429. The Morgan fingerprint density at radius 1 is 1.41 bits per heavy atom. The Hall–Kier alpha value is -0.990. The number of nitrogens with one attached hydrogen (secondary N) is 1. The summed E-state index contributed by atoms with van der Waals surface area (Å²) in [6.45, 7) is 6.36. The van der Waals surface area contributed by atoms with E-state index in [4.69, 9.17) is 16.0 Å². The standard InChI is InChI=1S/C14H18ClNO/c1-3-16-9-10(2)7-12-8-11-5-4-6-13(15)14(11)17-12/h4-6,8,10,16H,3,7,9H2,1-2H3. The van der Waals surface area contributed by atoms with Gasteiger partial charge >= 0.3 is 0 Å². The minimum atomic E-state index is 0.564. The summed E-state index contributed by atoms with van der Waals surface area (Å²) in [5.74, 6) is 1.58. The molecule has 2 rings (SSSR count). The molecule has 0 aliphatic heterocycles. The van der Waals surface area contributed by atoms with E-state index >= 15 is 0 Å². The summed E-state index contributed by atoms with van der Waals surface area (Å²) >= 11 is 6.08. The van der Waals surface area contributed by atoms with Crippen LogP contribution in [0.5, 0.6) is 0 Å². The molecule has 17 heavy (non-hydrogen) atoms. The Balaban J connectivity index is 2.11. The second kappa shape index (κ2) is 5.56. The van der Waals surface area contributed by atoms with E-state index in [1.54, 1.807) is 0 Å². The first-order valence-electron chi connectivity index (χ1n) is 6.08. The molecule has 1 unspecified atom stereocenters. The molecule has 0 spiro atoms. The van der Waals surface area contributed by atoms with Crippen LogP contribution in [0.25, 0.3) is 11.0 Å². The van der Waals surface area contributed by atoms with Gasteiger partial charge in [-0.1, -0.05) is 37.6 Å². The topological polar surface area (TPSA) is 25.2 Å². The number of hydrogen-bond donors (Lipinski definition) is 1. The minimum Gasteiger partial charge on any atom is -0.459 e. The van der Waals surface area contributed by atoms with Crippen molar-refractivity contribution in [1.82, 2.24) is 5.32 Å². The second-order valence-electron chi connectivity index (χ2n) is 4.49. The predicted octanol–water partition coefficient (Wildman–Crippen LogP) is 3.87. The number of rotatable bonds is 5. The summed E-state index contributed by atoms with van der Waals surface area (Å²) in [4.78, 5) is 0. The number of benzene rings is 1. The van der Waals surface area contributed by atoms with Crippen LogP contribution in [0.3, 0.4) is 0 Å². The number of fused-ring (bicyclic) bond motifs is 1. The van der Waals surface area contributed by atoms with E-state index < -0.39 is 0 Å². The lowest BCUT2D eigenvalue weighted by Gasteiger charge is -2.09. The van der Waals surface area contributed by atoms with Crippen molar-refractivity contribution < 1.29 is 4.42 Å². The summed E-state index contributed by atoms with van der Waals surface area (Å²) in [7, 11) is 0. The van der Waals surface area contributed by atoms with Gasteiger partial charge in [-0.3, -0.25) is 0 Å². The third-order valence-electron chi connectivity index (χ3n) is 2.84. The lowest BCUT2D eigenvalue weighted by molar-refractivity contribution is 0.458. The molecule has 1 atom stereocenters. The van der Waals surface area contributed by atoms with Crippen LogP contribution in [-0.2, 0) is 6.42 Å². The van der Waals surface area contributed by atoms with Crippen molar-refractivity contribution in [2.45, 2.75) is 20.3 Å². The van der Waals surface area contributed by atoms with E-state index in [1.807, 2.05) is 18.2 Å². The van der Waals surface area contributed by atoms with Crippen LogP contribution in [0, 0.1) is 5.92 Å². The van der Waals surface area contributed by atoms with Gasteiger partial charge < -0.3 is 9.73 Å². The molecule has 1 aromatic heterocycles. The summed E-state index contributed by atoms with van der Waals surface area (Å²) in [6, 6.07) is 7.93. The van der Waals surface area contributed by atoms with E-state index in [0.29, 0.717) is 10.9 Å². The Morgan fingerprint density at radius 3 is 2.94 bits per heavy atom. The van der Waals surface area contributed by atoms with Crippen molar-refractivity contribution in [2.75, 3.05) is 13.1 Å². The van der Waals surface area contributed by atoms with Crippen molar-refractivity contribution in [3.63, 3.8) is 0 Å². The molecule has 1 heterocycles. The maximum Gasteiger partial charge on any atom is 0.152 e. The molecule has 1 aromatic carbocycles. The lowest BCUT2D eigenvalue weighted by atomic mass is 10.1. The Bertz CT molecular complexity index is 492. The van der Waals surface area contributed by atoms with Gasteiger partial charge in [-0.15, -0.1) is 0 Å². The Kier molecular flexibility index (Phi) is 4.08. The van der Waals surface area contributed by atoms with Crippen molar-refractivity contribution in [3.05, 3.63) is 35.0 Å². The van der Waals surface area contributed by atoms with Gasteiger partial charge in [0.05, 0.1) is 5.02 Å². The van der Waals surface area contributed by atoms with Crippen LogP contribution >= 0.6 is 11.6 Å². The maximum absolute atomic E-state index is 6.08. The highest BCUT2D eigenvalue weighted by Gasteiger charge is 2.10. The van der Waals surface area contributed by atoms with Crippen LogP contribution in [0.2, 0.25) is 5.02 Å². The number of hydrogen-bond acceptors (Lipinski definition) is 2. The van der Waals surface area contributed by atoms with Gasteiger partial charge in [0.25, 0.3) is 0 Å². The number of halogens is 1. The fourth-order valence-electron chi connectivity index (χ4n) is 1.99. The minimum absolute atomic E-state index is 0.564. The zero-order chi connectivity index (χ0) is 12.3. The summed E-state index contributed by atoms with van der Waals surface area (Å²) in [6.07, 6.45) is 0.942. The highest BCUT2D eigenvalue weighted by Crippen LogP contribution is 2.27. The summed E-state index contributed by atoms with van der Waals surface area (Å²) in [5.41, 5.74) is 0.805. The van der Waals surface area contributed by atoms with Crippen molar-refractivity contribution in [2.24, 2.45) is 5.92 Å². The fourth-order valence-corrected chi connectivity index (χ4v) is 2.21. The molecular formula is C14H18ClNO. The van der Waals surface area contributed by atoms with Crippen molar-refractivity contribution in [3.8, 4) is 0 Å². The average Bonchev–Trinajstić information content (AvgIpc) is 2.70. The molecule has 0 saturated heterocycles. The largest absolute Gasteiger partial charge is 0.459 e. The maximum atomic E-state index is 6.08. The molecule has 3 heteroatoms. The molecule has 0 saturated carbocycles. The van der Waals surface area contributed by atoms with E-state index in [0.717, 1.165) is 36.2 Å². The SMILES string of the molecule is CCNCC(C)Cc1cc2cccc(Cl)c2o1. The molecule has 92 valence electrons. The molecule has 0 aliphatic carbocycles. The van der Waals surface area contributed by atoms with Crippen molar-refractivity contribution in [1.29, 1.82) is 0 Å². The summed E-state index contributed by atoms with van der Waals surface area (Å²) < 4.78 is 5.79. The molecule has 0 bridgehead atoms. The first kappa shape index (κ1) is 12.5. The average molecular weight is 252 g/mol. The monoisotopic (exact) mass is 251 g/mol. The molecule has 2 nitrogen and oxygen atoms in total. The van der Waals surface area contributed by atoms with Gasteiger partial charge in [-0.2, -0.15) is 0 Å². The summed E-state index contributed by atoms with van der Waals surface area (Å²) in [5, 5.41) is 5.12. The molecule has 0 fully saturated rings. The first-order chi connectivity index (χ1) is 8.20. The zero-order valence-corrected chi connectivity index (χ0v) is 11.1. The lowest BCUT2D eigenvalue weighted by Crippen LogP contribution is -2.21. The molecule has 2 aromatic rings. The van der Waals surface area contributed by atoms with Gasteiger partial charge in [0.1, 0.15) is 5.76 Å². The molecule has 0 aliphatic rings. The molecule has 0 radical (unpaired) electrons. The highest BCUT2D eigenvalue weighted by molar-refractivity contribution is 6.34. The van der Waals surface area contributed by atoms with Gasteiger partial charge in [0.2, 0.25) is 0 Å². The third-order valence-corrected chi connectivity index (χ3v) is 3.14. The van der Waals surface area contributed by atoms with Gasteiger partial charge in [-0.25, -0.2) is 0 Å². The molecule has 0 amide bonds. The normalized spacial score (nSPS) is 13.1. The van der Waals surface area contributed by atoms with Crippen LogP contribution in [0.4, 0.5) is 0 Å². The first-order valence-corrected chi connectivity index (χ1v) is 6.46. The van der Waals surface area contributed by atoms with Crippen LogP contribution in [0.1, 0.15) is 19.6 Å². The van der Waals surface area contributed by atoms with E-state index in [2.05, 4.69) is 25.2 Å². The number of para-hydroxylation sites is 1. The zero-order valence-electron chi connectivity index (χ0n) is 10.3. The van der Waals surface area contributed by atoms with Crippen LogP contribution < -0.4 is 5.32 Å². The van der Waals surface area contributed by atoms with E-state index in [1.165, 1.54) is 0 Å². The van der Waals surface area contributed by atoms with E-state index in [-0.39, 0.29) is 0 Å². The molecule has 1 N–H and O–H groups in total. The van der Waals surface area contributed by atoms with Gasteiger partial charge in [0, 0.05) is 11.8 Å². The molecular weight excluding hydrogens is 234 g/mol. The third kappa shape index (κ3) is 3.02. The Morgan fingerprint density at radius 2 is 2.24 bits per heavy atom. The van der Waals surface area contributed by atoms with Crippen LogP contribution in [0.15, 0.2) is 28.7 Å². The smallest absolute Gasteiger partial charge is 0.152 e. The quantitative estimate of drug-likeness (QED) is 0.873. The van der Waals surface area contributed by atoms with Crippen molar-refractivity contribution >= 4 is 22.6 Å². The predicted molar refractivity (Wildman–Crippen MR) is 72.6 cm³/mol.